The Kier molecular flexibility index (Phi) is 7.02. The van der Waals surface area contributed by atoms with Gasteiger partial charge in [-0.15, -0.1) is 0 Å². The zero-order chi connectivity index (χ0) is 24.4. The van der Waals surface area contributed by atoms with Crippen LogP contribution in [0.15, 0.2) is 48.5 Å². The Morgan fingerprint density at radius 2 is 1.46 bits per heavy atom. The number of benzene rings is 2. The number of piperazine rings is 1. The zero-order valence-corrected chi connectivity index (χ0v) is 20.2. The molecule has 2 amide bonds. The van der Waals surface area contributed by atoms with Crippen molar-refractivity contribution in [2.75, 3.05) is 55.7 Å². The maximum absolute atomic E-state index is 13.2. The van der Waals surface area contributed by atoms with E-state index in [0.717, 1.165) is 63.5 Å². The van der Waals surface area contributed by atoms with E-state index in [0.29, 0.717) is 18.3 Å². The van der Waals surface area contributed by atoms with Gasteiger partial charge in [0.05, 0.1) is 24.8 Å². The average Bonchev–Trinajstić information content (AvgIpc) is 3.19. The first kappa shape index (κ1) is 23.8. The predicted molar refractivity (Wildman–Crippen MR) is 133 cm³/mol. The number of likely N-dealkylation sites (tertiary alicyclic amines) is 1. The number of anilines is 2. The van der Waals surface area contributed by atoms with Gasteiger partial charge in [-0.25, -0.2) is 9.29 Å². The van der Waals surface area contributed by atoms with Crippen molar-refractivity contribution in [2.24, 2.45) is 0 Å². The van der Waals surface area contributed by atoms with Crippen LogP contribution >= 0.6 is 0 Å². The van der Waals surface area contributed by atoms with Gasteiger partial charge in [0.25, 0.3) is 5.91 Å². The van der Waals surface area contributed by atoms with E-state index in [-0.39, 0.29) is 30.1 Å². The molecule has 8 heteroatoms. The summed E-state index contributed by atoms with van der Waals surface area (Å²) in [7, 11) is 0. The van der Waals surface area contributed by atoms with Crippen molar-refractivity contribution in [1.82, 2.24) is 9.80 Å². The Labute approximate surface area is 206 Å². The van der Waals surface area contributed by atoms with Crippen LogP contribution < -0.4 is 14.5 Å². The molecule has 0 unspecified atom stereocenters. The number of piperidine rings is 1. The van der Waals surface area contributed by atoms with E-state index >= 15 is 0 Å². The fourth-order valence-corrected chi connectivity index (χ4v) is 5.59. The number of carbonyl (C=O) groups is 2. The number of nitrogens with zero attached hydrogens (tertiary/aromatic N) is 4. The summed E-state index contributed by atoms with van der Waals surface area (Å²) in [5.74, 6) is 0.269. The number of hydrogen-bond acceptors (Lipinski definition) is 6. The lowest BCUT2D eigenvalue weighted by Crippen LogP contribution is -2.55. The molecule has 7 nitrogen and oxygen atoms in total. The lowest BCUT2D eigenvalue weighted by Gasteiger charge is -2.44. The highest BCUT2D eigenvalue weighted by atomic mass is 19.1. The first-order valence-corrected chi connectivity index (χ1v) is 12.6. The molecule has 3 saturated heterocycles. The Bertz CT molecular complexity index is 1030. The number of ether oxygens (including phenoxy) is 1. The van der Waals surface area contributed by atoms with Crippen LogP contribution in [-0.4, -0.2) is 79.6 Å². The van der Waals surface area contributed by atoms with Crippen LogP contribution in [0.1, 0.15) is 26.2 Å². The van der Waals surface area contributed by atoms with E-state index in [1.807, 2.05) is 19.1 Å². The van der Waals surface area contributed by atoms with Crippen molar-refractivity contribution >= 4 is 23.2 Å². The van der Waals surface area contributed by atoms with Crippen LogP contribution in [0.5, 0.6) is 5.75 Å². The molecule has 186 valence electrons. The average molecular weight is 481 g/mol. The van der Waals surface area contributed by atoms with Crippen molar-refractivity contribution in [3.8, 4) is 5.75 Å². The third-order valence-electron chi connectivity index (χ3n) is 7.49. The van der Waals surface area contributed by atoms with Crippen LogP contribution in [0.2, 0.25) is 0 Å². The van der Waals surface area contributed by atoms with Gasteiger partial charge in [0.2, 0.25) is 5.91 Å². The fraction of sp³-hybridized carbons (Fsp3) is 0.481. The largest absolute Gasteiger partial charge is 0.494 e. The fourth-order valence-electron chi connectivity index (χ4n) is 5.59. The third kappa shape index (κ3) is 5.04. The van der Waals surface area contributed by atoms with E-state index in [1.165, 1.54) is 17.0 Å². The number of imide groups is 1. The van der Waals surface area contributed by atoms with Crippen molar-refractivity contribution in [3.05, 3.63) is 54.3 Å². The number of halogens is 1. The molecule has 3 heterocycles. The van der Waals surface area contributed by atoms with Crippen LogP contribution in [0.4, 0.5) is 15.8 Å². The molecule has 1 atom stereocenters. The molecule has 3 aliphatic heterocycles. The second kappa shape index (κ2) is 10.3. The molecule has 0 spiro atoms. The summed E-state index contributed by atoms with van der Waals surface area (Å²) in [6.45, 7) is 7.96. The normalized spacial score (nSPS) is 22.7. The molecule has 5 rings (SSSR count). The van der Waals surface area contributed by atoms with Gasteiger partial charge in [-0.2, -0.15) is 0 Å². The highest BCUT2D eigenvalue weighted by Crippen LogP contribution is 2.30. The highest BCUT2D eigenvalue weighted by Gasteiger charge is 2.44. The van der Waals surface area contributed by atoms with Crippen LogP contribution in [0.3, 0.4) is 0 Å². The minimum Gasteiger partial charge on any atom is -0.494 e. The second-order valence-electron chi connectivity index (χ2n) is 9.48. The first-order chi connectivity index (χ1) is 17.0. The molecule has 2 aromatic rings. The smallest absolute Gasteiger partial charge is 0.251 e. The first-order valence-electron chi connectivity index (χ1n) is 12.6. The minimum absolute atomic E-state index is 0.120. The molecule has 0 N–H and O–H groups in total. The van der Waals surface area contributed by atoms with Crippen LogP contribution in [-0.2, 0) is 9.59 Å². The van der Waals surface area contributed by atoms with Crippen molar-refractivity contribution in [1.29, 1.82) is 0 Å². The molecule has 0 aliphatic carbocycles. The summed E-state index contributed by atoms with van der Waals surface area (Å²) in [4.78, 5) is 34.3. The summed E-state index contributed by atoms with van der Waals surface area (Å²) >= 11 is 0. The van der Waals surface area contributed by atoms with Gasteiger partial charge >= 0.3 is 0 Å². The monoisotopic (exact) mass is 480 g/mol. The standard InChI is InChI=1S/C27H33FN4O3/c1-2-35-24-9-7-23(8-10-24)32-26(33)19-25(27(32)34)31-13-11-22(12-14-31)30-17-15-29(16-18-30)21-5-3-20(28)4-6-21/h3-10,22,25H,2,11-19H2,1H3/t25-/m1/s1. The molecule has 0 aromatic heterocycles. The van der Waals surface area contributed by atoms with Gasteiger partial charge in [-0.1, -0.05) is 0 Å². The Morgan fingerprint density at radius 3 is 2.09 bits per heavy atom. The zero-order valence-electron chi connectivity index (χ0n) is 20.2. The summed E-state index contributed by atoms with van der Waals surface area (Å²) in [5.41, 5.74) is 1.68. The lowest BCUT2D eigenvalue weighted by atomic mass is 10.00. The molecule has 35 heavy (non-hydrogen) atoms. The SMILES string of the molecule is CCOc1ccc(N2C(=O)C[C@@H](N3CCC(N4CCN(c5ccc(F)cc5)CC4)CC3)C2=O)cc1. The topological polar surface area (TPSA) is 56.3 Å². The third-order valence-corrected chi connectivity index (χ3v) is 7.49. The molecule has 0 saturated carbocycles. The molecular formula is C27H33FN4O3. The van der Waals surface area contributed by atoms with E-state index in [1.54, 1.807) is 24.3 Å². The Hall–Kier alpha value is -2.97. The van der Waals surface area contributed by atoms with Crippen LogP contribution in [0.25, 0.3) is 0 Å². The molecule has 3 fully saturated rings. The van der Waals surface area contributed by atoms with E-state index in [9.17, 15) is 14.0 Å². The summed E-state index contributed by atoms with van der Waals surface area (Å²) < 4.78 is 18.7. The van der Waals surface area contributed by atoms with E-state index in [4.69, 9.17) is 4.74 Å². The Morgan fingerprint density at radius 1 is 0.829 bits per heavy atom. The van der Waals surface area contributed by atoms with Crippen molar-refractivity contribution in [3.63, 3.8) is 0 Å². The maximum Gasteiger partial charge on any atom is 0.251 e. The predicted octanol–water partition coefficient (Wildman–Crippen LogP) is 3.14. The molecule has 0 radical (unpaired) electrons. The molecule has 0 bridgehead atoms. The Balaban J connectivity index is 1.13. The van der Waals surface area contributed by atoms with Crippen molar-refractivity contribution < 1.29 is 18.7 Å². The molecule has 2 aromatic carbocycles. The minimum atomic E-state index is -0.370. The van der Waals surface area contributed by atoms with E-state index < -0.39 is 0 Å². The maximum atomic E-state index is 13.2. The highest BCUT2D eigenvalue weighted by molar-refractivity contribution is 6.22. The van der Waals surface area contributed by atoms with Gasteiger partial charge in [0.1, 0.15) is 11.6 Å². The number of rotatable bonds is 6. The van der Waals surface area contributed by atoms with Crippen LogP contribution in [0, 0.1) is 5.82 Å². The number of hydrogen-bond donors (Lipinski definition) is 0. The van der Waals surface area contributed by atoms with E-state index in [2.05, 4.69) is 14.7 Å². The summed E-state index contributed by atoms with van der Waals surface area (Å²) in [6, 6.07) is 14.0. The van der Waals surface area contributed by atoms with Gasteiger partial charge in [0.15, 0.2) is 0 Å². The van der Waals surface area contributed by atoms with Gasteiger partial charge in [-0.3, -0.25) is 19.4 Å². The van der Waals surface area contributed by atoms with Gasteiger partial charge in [-0.05, 0) is 68.3 Å². The number of carbonyl (C=O) groups excluding carboxylic acids is 2. The molecular weight excluding hydrogens is 447 g/mol. The second-order valence-corrected chi connectivity index (χ2v) is 9.48. The quantitative estimate of drug-likeness (QED) is 0.593. The lowest BCUT2D eigenvalue weighted by molar-refractivity contribution is -0.123. The van der Waals surface area contributed by atoms with Gasteiger partial charge < -0.3 is 9.64 Å². The molecule has 3 aliphatic rings. The van der Waals surface area contributed by atoms with Gasteiger partial charge in [0, 0.05) is 51.0 Å². The summed E-state index contributed by atoms with van der Waals surface area (Å²) in [6.07, 6.45) is 2.24. The summed E-state index contributed by atoms with van der Waals surface area (Å²) in [5, 5.41) is 0. The number of amides is 2. The van der Waals surface area contributed by atoms with Crippen molar-refractivity contribution in [2.45, 2.75) is 38.3 Å².